The molecule has 2 rings (SSSR count). The van der Waals surface area contributed by atoms with Gasteiger partial charge in [0, 0.05) is 14.1 Å². The van der Waals surface area contributed by atoms with E-state index < -0.39 is 11.2 Å². The first-order valence-electron chi connectivity index (χ1n) is 5.68. The molecule has 0 unspecified atom stereocenters. The van der Waals surface area contributed by atoms with Gasteiger partial charge in [0.05, 0.1) is 5.69 Å². The molecule has 8 heteroatoms. The number of aromatic nitrogens is 3. The molecule has 2 heterocycles. The molecule has 0 aliphatic heterocycles. The maximum Gasteiger partial charge on any atom is 0.331 e. The second kappa shape index (κ2) is 5.02. The summed E-state index contributed by atoms with van der Waals surface area (Å²) in [4.78, 5) is 28.0. The average molecular weight is 292 g/mol. The van der Waals surface area contributed by atoms with Gasteiger partial charge in [-0.3, -0.25) is 13.9 Å². The summed E-state index contributed by atoms with van der Waals surface area (Å²) in [6.45, 7) is 3.55. The van der Waals surface area contributed by atoms with Crippen molar-refractivity contribution in [2.24, 2.45) is 14.1 Å². The highest BCUT2D eigenvalue weighted by Crippen LogP contribution is 2.28. The number of hydrogen-bond donors (Lipinski definition) is 0. The van der Waals surface area contributed by atoms with Crippen LogP contribution in [0.5, 0.6) is 0 Å². The van der Waals surface area contributed by atoms with Crippen LogP contribution < -0.4 is 11.2 Å². The maximum absolute atomic E-state index is 11.9. The lowest BCUT2D eigenvalue weighted by Gasteiger charge is -2.08. The van der Waals surface area contributed by atoms with Crippen LogP contribution >= 0.6 is 11.8 Å². The van der Waals surface area contributed by atoms with Crippen molar-refractivity contribution < 1.29 is 4.42 Å². The van der Waals surface area contributed by atoms with Gasteiger partial charge in [-0.05, 0) is 25.6 Å². The van der Waals surface area contributed by atoms with Crippen molar-refractivity contribution in [3.05, 3.63) is 37.9 Å². The first kappa shape index (κ1) is 14.1. The smallest absolute Gasteiger partial charge is 0.331 e. The van der Waals surface area contributed by atoms with Crippen molar-refractivity contribution in [3.63, 3.8) is 0 Å². The van der Waals surface area contributed by atoms with Crippen molar-refractivity contribution in [1.82, 2.24) is 14.1 Å². The Balaban J connectivity index is 2.66. The van der Waals surface area contributed by atoms with E-state index in [2.05, 4.69) is 4.98 Å². The van der Waals surface area contributed by atoms with E-state index in [0.29, 0.717) is 11.0 Å². The van der Waals surface area contributed by atoms with Crippen LogP contribution in [-0.2, 0) is 14.1 Å². The quantitative estimate of drug-likeness (QED) is 0.757. The number of nitriles is 1. The molecule has 0 aromatic carbocycles. The Bertz CT molecular complexity index is 819. The van der Waals surface area contributed by atoms with Crippen molar-refractivity contribution in [3.8, 4) is 6.07 Å². The molecule has 0 saturated carbocycles. The van der Waals surface area contributed by atoms with Crippen LogP contribution in [0.2, 0.25) is 0 Å². The Hall–Kier alpha value is -2.27. The highest BCUT2D eigenvalue weighted by Gasteiger charge is 2.19. The standard InChI is InChI=1S/C12H12N4O3S/c1-6-7(2)19-11(14-6)20-10-8(5-13)9(17)15(3)12(18)16(10)4/h1-4H3. The van der Waals surface area contributed by atoms with Crippen LogP contribution in [0.3, 0.4) is 0 Å². The third kappa shape index (κ3) is 2.16. The first-order valence-corrected chi connectivity index (χ1v) is 6.50. The molecule has 0 amide bonds. The number of aryl methyl sites for hydroxylation is 2. The van der Waals surface area contributed by atoms with Crippen LogP contribution in [0.4, 0.5) is 0 Å². The second-order valence-electron chi connectivity index (χ2n) is 4.22. The largest absolute Gasteiger partial charge is 0.436 e. The highest BCUT2D eigenvalue weighted by molar-refractivity contribution is 7.99. The van der Waals surface area contributed by atoms with E-state index >= 15 is 0 Å². The number of rotatable bonds is 2. The molecule has 0 aliphatic rings. The lowest BCUT2D eigenvalue weighted by atomic mass is 10.3. The fraction of sp³-hybridized carbons (Fsp3) is 0.333. The topological polar surface area (TPSA) is 93.8 Å². The van der Waals surface area contributed by atoms with Crippen LogP contribution in [0.1, 0.15) is 17.0 Å². The Morgan fingerprint density at radius 1 is 1.25 bits per heavy atom. The summed E-state index contributed by atoms with van der Waals surface area (Å²) >= 11 is 0.987. The molecule has 2 aromatic heterocycles. The fourth-order valence-corrected chi connectivity index (χ4v) is 2.58. The first-order chi connectivity index (χ1) is 9.36. The van der Waals surface area contributed by atoms with Crippen molar-refractivity contribution in [2.45, 2.75) is 24.1 Å². The van der Waals surface area contributed by atoms with E-state index in [1.54, 1.807) is 13.8 Å². The average Bonchev–Trinajstić information content (AvgIpc) is 2.73. The molecule has 0 radical (unpaired) electrons. The lowest BCUT2D eigenvalue weighted by molar-refractivity contribution is 0.430. The molecular formula is C12H12N4O3S. The van der Waals surface area contributed by atoms with Gasteiger partial charge >= 0.3 is 5.69 Å². The van der Waals surface area contributed by atoms with Gasteiger partial charge in [0.2, 0.25) is 0 Å². The Labute approximate surface area is 118 Å². The predicted molar refractivity (Wildman–Crippen MR) is 71.7 cm³/mol. The van der Waals surface area contributed by atoms with E-state index in [4.69, 9.17) is 9.68 Å². The Morgan fingerprint density at radius 2 is 1.90 bits per heavy atom. The molecule has 0 fully saturated rings. The van der Waals surface area contributed by atoms with Gasteiger partial charge in [0.1, 0.15) is 22.4 Å². The zero-order valence-corrected chi connectivity index (χ0v) is 12.2. The van der Waals surface area contributed by atoms with E-state index in [1.807, 2.05) is 6.07 Å². The molecule has 0 aliphatic carbocycles. The van der Waals surface area contributed by atoms with Gasteiger partial charge in [-0.1, -0.05) is 0 Å². The molecule has 7 nitrogen and oxygen atoms in total. The zero-order valence-electron chi connectivity index (χ0n) is 11.4. The van der Waals surface area contributed by atoms with Crippen LogP contribution in [-0.4, -0.2) is 14.1 Å². The summed E-state index contributed by atoms with van der Waals surface area (Å²) in [7, 11) is 2.83. The van der Waals surface area contributed by atoms with Crippen molar-refractivity contribution in [1.29, 1.82) is 5.26 Å². The van der Waals surface area contributed by atoms with Gasteiger partial charge in [-0.15, -0.1) is 0 Å². The number of nitrogens with zero attached hydrogens (tertiary/aromatic N) is 4. The third-order valence-electron chi connectivity index (χ3n) is 2.92. The predicted octanol–water partition coefficient (Wildman–Crippen LogP) is 0.712. The summed E-state index contributed by atoms with van der Waals surface area (Å²) in [6, 6.07) is 1.83. The minimum atomic E-state index is -0.627. The molecule has 2 aromatic rings. The van der Waals surface area contributed by atoms with Crippen LogP contribution in [0.25, 0.3) is 0 Å². The van der Waals surface area contributed by atoms with E-state index in [9.17, 15) is 9.59 Å². The Morgan fingerprint density at radius 3 is 2.40 bits per heavy atom. The molecule has 0 bridgehead atoms. The summed E-state index contributed by atoms with van der Waals surface area (Å²) < 4.78 is 7.53. The molecule has 0 atom stereocenters. The van der Waals surface area contributed by atoms with Crippen molar-refractivity contribution in [2.75, 3.05) is 0 Å². The second-order valence-corrected chi connectivity index (χ2v) is 5.16. The van der Waals surface area contributed by atoms with Gasteiger partial charge in [-0.2, -0.15) is 5.26 Å². The maximum atomic E-state index is 11.9. The molecule has 0 spiro atoms. The lowest BCUT2D eigenvalue weighted by Crippen LogP contribution is -2.39. The minimum absolute atomic E-state index is 0.104. The van der Waals surface area contributed by atoms with E-state index in [1.165, 1.54) is 18.7 Å². The highest BCUT2D eigenvalue weighted by atomic mass is 32.2. The van der Waals surface area contributed by atoms with E-state index in [0.717, 1.165) is 22.0 Å². The summed E-state index contributed by atoms with van der Waals surface area (Å²) in [5.74, 6) is 0.653. The van der Waals surface area contributed by atoms with Crippen LogP contribution in [0, 0.1) is 25.2 Å². The fourth-order valence-electron chi connectivity index (χ4n) is 1.61. The summed E-state index contributed by atoms with van der Waals surface area (Å²) in [5.41, 5.74) is -0.512. The zero-order chi connectivity index (χ0) is 15.0. The van der Waals surface area contributed by atoms with Gasteiger partial charge in [0.15, 0.2) is 0 Å². The van der Waals surface area contributed by atoms with Crippen molar-refractivity contribution >= 4 is 11.8 Å². The number of hydrogen-bond acceptors (Lipinski definition) is 6. The molecule has 104 valence electrons. The normalized spacial score (nSPS) is 10.6. The van der Waals surface area contributed by atoms with Gasteiger partial charge < -0.3 is 4.42 Å². The minimum Gasteiger partial charge on any atom is -0.436 e. The molecular weight excluding hydrogens is 280 g/mol. The molecule has 0 saturated heterocycles. The molecule has 0 N–H and O–H groups in total. The molecule has 20 heavy (non-hydrogen) atoms. The SMILES string of the molecule is Cc1nc(Sc2c(C#N)c(=O)n(C)c(=O)n2C)oc1C. The van der Waals surface area contributed by atoms with E-state index in [-0.39, 0.29) is 10.6 Å². The third-order valence-corrected chi connectivity index (χ3v) is 3.94. The van der Waals surface area contributed by atoms with Gasteiger partial charge in [-0.25, -0.2) is 9.78 Å². The number of oxazole rings is 1. The summed E-state index contributed by atoms with van der Waals surface area (Å²) in [5, 5.41) is 9.65. The summed E-state index contributed by atoms with van der Waals surface area (Å²) in [6.07, 6.45) is 0. The monoisotopic (exact) mass is 292 g/mol. The van der Waals surface area contributed by atoms with Crippen LogP contribution in [0.15, 0.2) is 24.3 Å². The van der Waals surface area contributed by atoms with Gasteiger partial charge in [0.25, 0.3) is 10.8 Å². The Kier molecular flexibility index (Phi) is 3.55.